The van der Waals surface area contributed by atoms with Gasteiger partial charge in [-0.1, -0.05) is 12.2 Å². The fourth-order valence-corrected chi connectivity index (χ4v) is 1.51. The molecule has 0 aliphatic carbocycles. The topological polar surface area (TPSA) is 39.6 Å². The first-order valence-corrected chi connectivity index (χ1v) is 3.83. The van der Waals surface area contributed by atoms with E-state index in [1.54, 1.807) is 6.07 Å². The van der Waals surface area contributed by atoms with E-state index in [9.17, 15) is 0 Å². The molecule has 4 heteroatoms. The van der Waals surface area contributed by atoms with E-state index in [0.717, 1.165) is 5.56 Å². The van der Waals surface area contributed by atoms with Gasteiger partial charge in [0.25, 0.3) is 0 Å². The zero-order valence-corrected chi connectivity index (χ0v) is 7.59. The standard InChI is InChI=1S/C7H6N2S2/c1-4-2-6(10)9-7(11)5(4)3-8/h2H,1H3,(H2,9,10,11). The van der Waals surface area contributed by atoms with Crippen molar-refractivity contribution in [1.82, 2.24) is 4.98 Å². The van der Waals surface area contributed by atoms with Gasteiger partial charge in [-0.2, -0.15) is 5.26 Å². The Labute approximate surface area is 75.3 Å². The van der Waals surface area contributed by atoms with Crippen LogP contribution in [0.4, 0.5) is 0 Å². The molecule has 1 heterocycles. The van der Waals surface area contributed by atoms with Crippen LogP contribution in [0, 0.1) is 22.9 Å². The summed E-state index contributed by atoms with van der Waals surface area (Å²) in [7, 11) is 0. The summed E-state index contributed by atoms with van der Waals surface area (Å²) in [5.41, 5.74) is 1.42. The number of aromatic nitrogens is 1. The number of nitrogens with one attached hydrogen (secondary N) is 1. The molecule has 0 aliphatic heterocycles. The van der Waals surface area contributed by atoms with Crippen LogP contribution in [0.2, 0.25) is 0 Å². The molecule has 0 saturated heterocycles. The van der Waals surface area contributed by atoms with Crippen molar-refractivity contribution < 1.29 is 0 Å². The van der Waals surface area contributed by atoms with Gasteiger partial charge in [0.1, 0.15) is 10.7 Å². The molecule has 0 spiro atoms. The molecule has 0 radical (unpaired) electrons. The lowest BCUT2D eigenvalue weighted by molar-refractivity contribution is 1.08. The summed E-state index contributed by atoms with van der Waals surface area (Å²) in [6.07, 6.45) is 0. The number of pyridine rings is 1. The predicted octanol–water partition coefficient (Wildman–Crippen LogP) is 2.21. The third kappa shape index (κ3) is 1.62. The summed E-state index contributed by atoms with van der Waals surface area (Å²) in [5.74, 6) is 0. The lowest BCUT2D eigenvalue weighted by Crippen LogP contribution is -1.88. The van der Waals surface area contributed by atoms with Gasteiger partial charge < -0.3 is 4.98 Å². The Bertz CT molecular complexity index is 347. The molecule has 0 aliphatic rings. The molecule has 0 unspecified atom stereocenters. The van der Waals surface area contributed by atoms with Gasteiger partial charge in [-0.05, 0) is 18.6 Å². The molecule has 0 atom stereocenters. The maximum absolute atomic E-state index is 8.64. The van der Waals surface area contributed by atoms with Crippen LogP contribution in [-0.2, 0) is 0 Å². The van der Waals surface area contributed by atoms with E-state index in [4.69, 9.17) is 17.5 Å². The molecule has 1 aromatic heterocycles. The number of H-pyrrole nitrogens is 1. The second-order valence-corrected chi connectivity index (χ2v) is 3.04. The first-order valence-electron chi connectivity index (χ1n) is 2.98. The molecule has 1 rings (SSSR count). The lowest BCUT2D eigenvalue weighted by Gasteiger charge is -1.98. The van der Waals surface area contributed by atoms with Crippen molar-refractivity contribution in [3.63, 3.8) is 0 Å². The summed E-state index contributed by atoms with van der Waals surface area (Å²) in [6, 6.07) is 3.78. The molecule has 56 valence electrons. The number of rotatable bonds is 0. The summed E-state index contributed by atoms with van der Waals surface area (Å²) in [4.78, 5) is 2.79. The summed E-state index contributed by atoms with van der Waals surface area (Å²) < 4.78 is 0.603. The maximum atomic E-state index is 8.64. The van der Waals surface area contributed by atoms with E-state index >= 15 is 0 Å². The number of aromatic amines is 1. The molecular formula is C7H6N2S2. The predicted molar refractivity (Wildman–Crippen MR) is 48.3 cm³/mol. The summed E-state index contributed by atoms with van der Waals surface area (Å²) in [5, 5.41) is 9.18. The van der Waals surface area contributed by atoms with Crippen LogP contribution in [0.15, 0.2) is 11.1 Å². The highest BCUT2D eigenvalue weighted by Gasteiger charge is 2.00. The zero-order chi connectivity index (χ0) is 8.43. The normalized spacial score (nSPS) is 9.18. The second kappa shape index (κ2) is 3.07. The van der Waals surface area contributed by atoms with Gasteiger partial charge in [-0.25, -0.2) is 0 Å². The number of aryl methyl sites for hydroxylation is 1. The van der Waals surface area contributed by atoms with E-state index < -0.39 is 0 Å². The number of nitrogens with zero attached hydrogens (tertiary/aromatic N) is 1. The Morgan fingerprint density at radius 3 is 2.82 bits per heavy atom. The Kier molecular flexibility index (Phi) is 2.32. The van der Waals surface area contributed by atoms with E-state index in [0.29, 0.717) is 15.2 Å². The summed E-state index contributed by atoms with van der Waals surface area (Å²) >= 11 is 8.95. The third-order valence-corrected chi connectivity index (χ3v) is 1.89. The smallest absolute Gasteiger partial charge is 0.104 e. The zero-order valence-electron chi connectivity index (χ0n) is 5.88. The molecule has 0 bridgehead atoms. The lowest BCUT2D eigenvalue weighted by atomic mass is 10.2. The Morgan fingerprint density at radius 1 is 1.73 bits per heavy atom. The van der Waals surface area contributed by atoms with Crippen LogP contribution in [0.3, 0.4) is 0 Å². The average molecular weight is 182 g/mol. The van der Waals surface area contributed by atoms with Gasteiger partial charge in [0.2, 0.25) is 0 Å². The third-order valence-electron chi connectivity index (χ3n) is 1.33. The number of nitriles is 1. The highest BCUT2D eigenvalue weighted by Crippen LogP contribution is 2.13. The largest absolute Gasteiger partial charge is 0.340 e. The van der Waals surface area contributed by atoms with E-state index in [1.807, 2.05) is 13.0 Å². The van der Waals surface area contributed by atoms with Gasteiger partial charge in [0, 0.05) is 0 Å². The molecule has 0 aromatic carbocycles. The molecule has 2 nitrogen and oxygen atoms in total. The monoisotopic (exact) mass is 182 g/mol. The number of thiol groups is 1. The average Bonchev–Trinajstić information content (AvgIpc) is 1.85. The highest BCUT2D eigenvalue weighted by molar-refractivity contribution is 7.80. The minimum absolute atomic E-state index is 0.539. The van der Waals surface area contributed by atoms with Crippen LogP contribution in [0.1, 0.15) is 11.1 Å². The Hall–Kier alpha value is -0.790. The highest BCUT2D eigenvalue weighted by atomic mass is 32.1. The minimum Gasteiger partial charge on any atom is -0.340 e. The van der Waals surface area contributed by atoms with E-state index in [1.165, 1.54) is 0 Å². The molecule has 0 amide bonds. The van der Waals surface area contributed by atoms with Gasteiger partial charge in [0.05, 0.1) is 10.6 Å². The van der Waals surface area contributed by atoms with E-state index in [-0.39, 0.29) is 0 Å². The van der Waals surface area contributed by atoms with E-state index in [2.05, 4.69) is 17.6 Å². The Morgan fingerprint density at radius 2 is 2.36 bits per heavy atom. The molecule has 11 heavy (non-hydrogen) atoms. The summed E-state index contributed by atoms with van der Waals surface area (Å²) in [6.45, 7) is 1.84. The first kappa shape index (κ1) is 8.31. The van der Waals surface area contributed by atoms with Crippen LogP contribution in [0.5, 0.6) is 0 Å². The Balaban J connectivity index is 3.52. The number of hydrogen-bond donors (Lipinski definition) is 2. The van der Waals surface area contributed by atoms with Gasteiger partial charge in [-0.15, -0.1) is 12.6 Å². The number of hydrogen-bond acceptors (Lipinski definition) is 3. The van der Waals surface area contributed by atoms with Crippen LogP contribution >= 0.6 is 24.8 Å². The molecule has 1 N–H and O–H groups in total. The molecule has 0 fully saturated rings. The van der Waals surface area contributed by atoms with Crippen LogP contribution in [-0.4, -0.2) is 4.98 Å². The minimum atomic E-state index is 0.539. The quantitative estimate of drug-likeness (QED) is 0.477. The van der Waals surface area contributed by atoms with Crippen molar-refractivity contribution in [2.45, 2.75) is 11.9 Å². The van der Waals surface area contributed by atoms with Crippen LogP contribution in [0.25, 0.3) is 0 Å². The van der Waals surface area contributed by atoms with Crippen molar-refractivity contribution in [2.24, 2.45) is 0 Å². The fraction of sp³-hybridized carbons (Fsp3) is 0.143. The van der Waals surface area contributed by atoms with Gasteiger partial charge >= 0.3 is 0 Å². The second-order valence-electron chi connectivity index (χ2n) is 2.15. The fourth-order valence-electron chi connectivity index (χ4n) is 0.812. The van der Waals surface area contributed by atoms with Crippen molar-refractivity contribution in [1.29, 1.82) is 5.26 Å². The van der Waals surface area contributed by atoms with Crippen molar-refractivity contribution in [2.75, 3.05) is 0 Å². The maximum Gasteiger partial charge on any atom is 0.104 e. The SMILES string of the molecule is Cc1cc(=S)[nH]c(S)c1C#N. The van der Waals surface area contributed by atoms with Crippen molar-refractivity contribution >= 4 is 24.8 Å². The van der Waals surface area contributed by atoms with Crippen LogP contribution < -0.4 is 0 Å². The first-order chi connectivity index (χ1) is 5.15. The molecule has 0 saturated carbocycles. The van der Waals surface area contributed by atoms with Crippen molar-refractivity contribution in [3.8, 4) is 6.07 Å². The van der Waals surface area contributed by atoms with Crippen molar-refractivity contribution in [3.05, 3.63) is 21.8 Å². The molecular weight excluding hydrogens is 176 g/mol. The van der Waals surface area contributed by atoms with Gasteiger partial charge in [-0.3, -0.25) is 0 Å². The van der Waals surface area contributed by atoms with Gasteiger partial charge in [0.15, 0.2) is 0 Å². The molecule has 1 aromatic rings.